The van der Waals surface area contributed by atoms with Gasteiger partial charge in [-0.15, -0.1) is 12.4 Å². The number of benzene rings is 1. The lowest BCUT2D eigenvalue weighted by molar-refractivity contribution is 0.0690. The van der Waals surface area contributed by atoms with Crippen molar-refractivity contribution in [2.45, 2.75) is 19.8 Å². The van der Waals surface area contributed by atoms with Gasteiger partial charge in [-0.05, 0) is 51.4 Å². The van der Waals surface area contributed by atoms with Crippen LogP contribution in [0, 0.1) is 18.7 Å². The monoisotopic (exact) mass is 401 g/mol. The Morgan fingerprint density at radius 2 is 2.12 bits per heavy atom. The van der Waals surface area contributed by atoms with Gasteiger partial charge in [-0.25, -0.2) is 4.39 Å². The predicted molar refractivity (Wildman–Crippen MR) is 101 cm³/mol. The molecule has 1 aromatic carbocycles. The molecule has 8 heteroatoms. The third-order valence-corrected chi connectivity index (χ3v) is 4.99. The molecule has 0 radical (unpaired) electrons. The van der Waals surface area contributed by atoms with Crippen LogP contribution >= 0.6 is 24.0 Å². The predicted octanol–water partition coefficient (Wildman–Crippen LogP) is 3.94. The average Bonchev–Trinajstić information content (AvgIpc) is 2.96. The molecule has 2 aromatic rings. The fourth-order valence-corrected chi connectivity index (χ4v) is 3.56. The number of nitrogens with one attached hydrogen (secondary N) is 1. The van der Waals surface area contributed by atoms with Crippen molar-refractivity contribution in [3.05, 3.63) is 40.4 Å². The first-order valence-corrected chi connectivity index (χ1v) is 8.75. The number of carbonyl (C=O) groups excluding carboxylic acids is 1. The van der Waals surface area contributed by atoms with Crippen molar-refractivity contribution in [2.75, 3.05) is 26.7 Å². The van der Waals surface area contributed by atoms with E-state index in [2.05, 4.69) is 10.5 Å². The molecule has 5 nitrogen and oxygen atoms in total. The van der Waals surface area contributed by atoms with Crippen LogP contribution in [-0.2, 0) is 0 Å². The van der Waals surface area contributed by atoms with E-state index in [9.17, 15) is 9.18 Å². The Labute approximate surface area is 163 Å². The van der Waals surface area contributed by atoms with E-state index in [1.54, 1.807) is 17.9 Å². The normalized spacial score (nSPS) is 15.0. The third-order valence-electron chi connectivity index (χ3n) is 4.67. The van der Waals surface area contributed by atoms with Crippen molar-refractivity contribution in [1.82, 2.24) is 15.4 Å². The Bertz CT molecular complexity index is 754. The van der Waals surface area contributed by atoms with E-state index >= 15 is 0 Å². The smallest absolute Gasteiger partial charge is 0.259 e. The standard InChI is InChI=1S/C18H21ClFN3O2.ClH/c1-11-15(18(24)23-8-6-12(7-9-23)10-21-2)17(22-25-11)16-13(19)4-3-5-14(16)20;/h3-5,12,21H,6-10H2,1-2H3;1H. The molecule has 1 amide bonds. The van der Waals surface area contributed by atoms with Crippen LogP contribution in [0.3, 0.4) is 0 Å². The topological polar surface area (TPSA) is 58.4 Å². The van der Waals surface area contributed by atoms with Crippen LogP contribution in [0.25, 0.3) is 11.3 Å². The van der Waals surface area contributed by atoms with Crippen molar-refractivity contribution in [1.29, 1.82) is 0 Å². The highest BCUT2D eigenvalue weighted by atomic mass is 35.5. The zero-order valence-electron chi connectivity index (χ0n) is 14.7. The first-order valence-electron chi connectivity index (χ1n) is 8.37. The van der Waals surface area contributed by atoms with Crippen LogP contribution in [-0.4, -0.2) is 42.6 Å². The zero-order chi connectivity index (χ0) is 18.0. The Morgan fingerprint density at radius 1 is 1.42 bits per heavy atom. The van der Waals surface area contributed by atoms with Crippen LogP contribution < -0.4 is 5.32 Å². The summed E-state index contributed by atoms with van der Waals surface area (Å²) in [7, 11) is 1.93. The second kappa shape index (κ2) is 8.84. The summed E-state index contributed by atoms with van der Waals surface area (Å²) < 4.78 is 19.5. The number of carbonyl (C=O) groups is 1. The molecule has 0 bridgehead atoms. The maximum absolute atomic E-state index is 14.3. The lowest BCUT2D eigenvalue weighted by Crippen LogP contribution is -2.40. The highest BCUT2D eigenvalue weighted by molar-refractivity contribution is 6.33. The quantitative estimate of drug-likeness (QED) is 0.842. The molecule has 0 unspecified atom stereocenters. The number of likely N-dealkylation sites (tertiary alicyclic amines) is 1. The van der Waals surface area contributed by atoms with Gasteiger partial charge in [0, 0.05) is 13.1 Å². The number of aryl methyl sites for hydroxylation is 1. The molecule has 1 aliphatic rings. The minimum atomic E-state index is -0.525. The van der Waals surface area contributed by atoms with Crippen LogP contribution in [0.2, 0.25) is 5.02 Å². The number of rotatable bonds is 4. The minimum absolute atomic E-state index is 0. The zero-order valence-corrected chi connectivity index (χ0v) is 16.3. The van der Waals surface area contributed by atoms with Gasteiger partial charge < -0.3 is 14.7 Å². The van der Waals surface area contributed by atoms with Gasteiger partial charge in [0.1, 0.15) is 22.8 Å². The summed E-state index contributed by atoms with van der Waals surface area (Å²) in [5.74, 6) is 0.230. The molecule has 1 aromatic heterocycles. The lowest BCUT2D eigenvalue weighted by atomic mass is 9.95. The second-order valence-corrected chi connectivity index (χ2v) is 6.76. The third kappa shape index (κ3) is 4.03. The molecule has 0 atom stereocenters. The van der Waals surface area contributed by atoms with Gasteiger partial charge in [0.15, 0.2) is 0 Å². The Balaban J connectivity index is 0.00000243. The number of nitrogens with zero attached hydrogens (tertiary/aromatic N) is 2. The van der Waals surface area contributed by atoms with E-state index in [4.69, 9.17) is 16.1 Å². The molecule has 26 heavy (non-hydrogen) atoms. The van der Waals surface area contributed by atoms with Crippen LogP contribution in [0.1, 0.15) is 29.0 Å². The number of amides is 1. The van der Waals surface area contributed by atoms with E-state index in [0.717, 1.165) is 19.4 Å². The minimum Gasteiger partial charge on any atom is -0.360 e. The fourth-order valence-electron chi connectivity index (χ4n) is 3.31. The van der Waals surface area contributed by atoms with E-state index < -0.39 is 5.82 Å². The van der Waals surface area contributed by atoms with E-state index in [0.29, 0.717) is 30.3 Å². The van der Waals surface area contributed by atoms with Crippen LogP contribution in [0.5, 0.6) is 0 Å². The van der Waals surface area contributed by atoms with Gasteiger partial charge in [-0.1, -0.05) is 22.8 Å². The Kier molecular flexibility index (Phi) is 7.03. The number of piperidine rings is 1. The summed E-state index contributed by atoms with van der Waals surface area (Å²) in [6.07, 6.45) is 1.87. The summed E-state index contributed by atoms with van der Waals surface area (Å²) in [5, 5.41) is 7.29. The van der Waals surface area contributed by atoms with Gasteiger partial charge in [0.05, 0.1) is 10.6 Å². The van der Waals surface area contributed by atoms with E-state index in [1.165, 1.54) is 12.1 Å². The molecule has 1 aliphatic heterocycles. The van der Waals surface area contributed by atoms with Gasteiger partial charge >= 0.3 is 0 Å². The molecule has 1 saturated heterocycles. The molecule has 142 valence electrons. The number of hydrogen-bond acceptors (Lipinski definition) is 4. The number of hydrogen-bond donors (Lipinski definition) is 1. The summed E-state index contributed by atoms with van der Waals surface area (Å²) in [6, 6.07) is 4.38. The van der Waals surface area contributed by atoms with Gasteiger partial charge in [-0.2, -0.15) is 0 Å². The SMILES string of the molecule is CNCC1CCN(C(=O)c2c(-c3c(F)cccc3Cl)noc2C)CC1.Cl. The van der Waals surface area contributed by atoms with Gasteiger partial charge in [-0.3, -0.25) is 4.79 Å². The summed E-state index contributed by atoms with van der Waals surface area (Å²) >= 11 is 6.14. The first kappa shape index (κ1) is 20.7. The average molecular weight is 402 g/mol. The molecule has 3 rings (SSSR count). The second-order valence-electron chi connectivity index (χ2n) is 6.35. The molecule has 0 spiro atoms. The largest absolute Gasteiger partial charge is 0.360 e. The molecule has 0 aliphatic carbocycles. The van der Waals surface area contributed by atoms with Gasteiger partial charge in [0.25, 0.3) is 5.91 Å². The summed E-state index contributed by atoms with van der Waals surface area (Å²) in [4.78, 5) is 14.8. The highest BCUT2D eigenvalue weighted by Crippen LogP contribution is 2.34. The van der Waals surface area contributed by atoms with E-state index in [1.807, 2.05) is 7.05 Å². The molecule has 1 fully saturated rings. The summed E-state index contributed by atoms with van der Waals surface area (Å²) in [6.45, 7) is 3.94. The van der Waals surface area contributed by atoms with Crippen molar-refractivity contribution >= 4 is 29.9 Å². The maximum atomic E-state index is 14.3. The maximum Gasteiger partial charge on any atom is 0.259 e. The molecule has 0 saturated carbocycles. The molecular formula is C18H22Cl2FN3O2. The summed E-state index contributed by atoms with van der Waals surface area (Å²) in [5.41, 5.74) is 0.566. The van der Waals surface area contributed by atoms with Crippen molar-refractivity contribution in [3.63, 3.8) is 0 Å². The Morgan fingerprint density at radius 3 is 2.73 bits per heavy atom. The van der Waals surface area contributed by atoms with Crippen LogP contribution in [0.4, 0.5) is 4.39 Å². The number of halogens is 3. The fraction of sp³-hybridized carbons (Fsp3) is 0.444. The molecular weight excluding hydrogens is 380 g/mol. The van der Waals surface area contributed by atoms with E-state index in [-0.39, 0.29) is 34.6 Å². The lowest BCUT2D eigenvalue weighted by Gasteiger charge is -2.32. The van der Waals surface area contributed by atoms with Crippen LogP contribution in [0.15, 0.2) is 22.7 Å². The first-order chi connectivity index (χ1) is 12.0. The van der Waals surface area contributed by atoms with Crippen molar-refractivity contribution in [3.8, 4) is 11.3 Å². The highest BCUT2D eigenvalue weighted by Gasteiger charge is 2.30. The Hall–Kier alpha value is -1.63. The molecule has 1 N–H and O–H groups in total. The van der Waals surface area contributed by atoms with Crippen molar-refractivity contribution < 1.29 is 13.7 Å². The number of aromatic nitrogens is 1. The van der Waals surface area contributed by atoms with Gasteiger partial charge in [0.2, 0.25) is 0 Å². The molecule has 2 heterocycles. The van der Waals surface area contributed by atoms with Crippen molar-refractivity contribution in [2.24, 2.45) is 5.92 Å².